The molecule has 1 aromatic heterocycles. The van der Waals surface area contributed by atoms with E-state index in [1.54, 1.807) is 17.5 Å². The number of nitrogens with zero attached hydrogens (tertiary/aromatic N) is 1. The summed E-state index contributed by atoms with van der Waals surface area (Å²) in [7, 11) is 0. The summed E-state index contributed by atoms with van der Waals surface area (Å²) in [4.78, 5) is 16.5. The number of aromatic nitrogens is 1. The van der Waals surface area contributed by atoms with E-state index in [9.17, 15) is 13.6 Å². The Balaban J connectivity index is 1.81. The first kappa shape index (κ1) is 16.0. The van der Waals surface area contributed by atoms with Gasteiger partial charge in [0.15, 0.2) is 16.8 Å². The number of hydrogen-bond acceptors (Lipinski definition) is 3. The molecule has 0 aliphatic heterocycles. The minimum atomic E-state index is -0.931. The van der Waals surface area contributed by atoms with Gasteiger partial charge in [0.05, 0.1) is 11.3 Å². The maximum atomic E-state index is 13.3. The first-order valence-corrected chi connectivity index (χ1v) is 8.47. The van der Waals surface area contributed by atoms with E-state index >= 15 is 0 Å². The Labute approximate surface area is 148 Å². The molecule has 0 saturated carbocycles. The van der Waals surface area contributed by atoms with Crippen LogP contribution in [0.3, 0.4) is 0 Å². The van der Waals surface area contributed by atoms with Gasteiger partial charge in [0.1, 0.15) is 0 Å². The molecule has 0 saturated heterocycles. The predicted octanol–water partition coefficient (Wildman–Crippen LogP) is 4.95. The summed E-state index contributed by atoms with van der Waals surface area (Å²) in [5.74, 6) is -2.10. The largest absolute Gasteiger partial charge is 0.298 e. The van der Waals surface area contributed by atoms with Crippen LogP contribution in [0.1, 0.15) is 10.4 Å². The van der Waals surface area contributed by atoms with Crippen molar-refractivity contribution in [2.24, 2.45) is 0 Å². The van der Waals surface area contributed by atoms with E-state index < -0.39 is 11.6 Å². The van der Waals surface area contributed by atoms with E-state index in [-0.39, 0.29) is 5.91 Å². The summed E-state index contributed by atoms with van der Waals surface area (Å²) in [6.45, 7) is 0. The average molecular weight is 442 g/mol. The molecule has 0 atom stereocenters. The van der Waals surface area contributed by atoms with E-state index in [1.165, 1.54) is 17.4 Å². The van der Waals surface area contributed by atoms with E-state index in [2.05, 4.69) is 32.9 Å². The minimum Gasteiger partial charge on any atom is -0.298 e. The number of hydrogen-bond donors (Lipinski definition) is 1. The lowest BCUT2D eigenvalue weighted by atomic mass is 10.2. The van der Waals surface area contributed by atoms with Crippen molar-refractivity contribution in [3.8, 4) is 11.3 Å². The summed E-state index contributed by atoms with van der Waals surface area (Å²) in [5.41, 5.74) is 1.49. The summed E-state index contributed by atoms with van der Waals surface area (Å²) < 4.78 is 27.1. The van der Waals surface area contributed by atoms with E-state index in [1.807, 2.05) is 12.1 Å². The summed E-state index contributed by atoms with van der Waals surface area (Å²) >= 11 is 3.31. The Morgan fingerprint density at radius 3 is 2.65 bits per heavy atom. The third-order valence-electron chi connectivity index (χ3n) is 3.06. The molecule has 1 amide bonds. The molecule has 1 heterocycles. The fourth-order valence-corrected chi connectivity index (χ4v) is 3.28. The standard InChI is InChI=1S/C16H9F2IN2OS/c17-11-6-5-9(7-12(11)18)14-8-23-16(20-14)21-15(22)10-3-1-2-4-13(10)19/h1-8H,(H,20,21,22). The van der Waals surface area contributed by atoms with Crippen LogP contribution in [0.2, 0.25) is 0 Å². The molecule has 0 radical (unpaired) electrons. The van der Waals surface area contributed by atoms with Gasteiger partial charge < -0.3 is 0 Å². The molecule has 0 spiro atoms. The highest BCUT2D eigenvalue weighted by Gasteiger charge is 2.13. The lowest BCUT2D eigenvalue weighted by Gasteiger charge is -2.03. The SMILES string of the molecule is O=C(Nc1nc(-c2ccc(F)c(F)c2)cs1)c1ccccc1I. The first-order chi connectivity index (χ1) is 11.0. The Hall–Kier alpha value is -1.87. The maximum absolute atomic E-state index is 13.3. The minimum absolute atomic E-state index is 0.263. The molecule has 116 valence electrons. The summed E-state index contributed by atoms with van der Waals surface area (Å²) in [6.07, 6.45) is 0. The first-order valence-electron chi connectivity index (χ1n) is 6.51. The van der Waals surface area contributed by atoms with Crippen LogP contribution in [0.5, 0.6) is 0 Å². The predicted molar refractivity (Wildman–Crippen MR) is 94.6 cm³/mol. The molecular formula is C16H9F2IN2OS. The van der Waals surface area contributed by atoms with Crippen molar-refractivity contribution >= 4 is 45.0 Å². The van der Waals surface area contributed by atoms with Gasteiger partial charge in [0, 0.05) is 14.5 Å². The molecule has 1 N–H and O–H groups in total. The highest BCUT2D eigenvalue weighted by molar-refractivity contribution is 14.1. The molecule has 7 heteroatoms. The Kier molecular flexibility index (Phi) is 4.67. The van der Waals surface area contributed by atoms with E-state index in [0.717, 1.165) is 15.7 Å². The summed E-state index contributed by atoms with van der Waals surface area (Å²) in [6, 6.07) is 10.8. The molecule has 0 fully saturated rings. The number of nitrogens with one attached hydrogen (secondary N) is 1. The molecule has 3 nitrogen and oxygen atoms in total. The van der Waals surface area contributed by atoms with Crippen molar-refractivity contribution in [1.29, 1.82) is 0 Å². The van der Waals surface area contributed by atoms with Crippen LogP contribution in [0.15, 0.2) is 47.8 Å². The maximum Gasteiger partial charge on any atom is 0.258 e. The summed E-state index contributed by atoms with van der Waals surface area (Å²) in [5, 5.41) is 4.79. The second-order valence-corrected chi connectivity index (χ2v) is 6.62. The van der Waals surface area contributed by atoms with Crippen molar-refractivity contribution in [1.82, 2.24) is 4.98 Å². The zero-order valence-electron chi connectivity index (χ0n) is 11.5. The van der Waals surface area contributed by atoms with Gasteiger partial charge in [-0.05, 0) is 52.9 Å². The van der Waals surface area contributed by atoms with Crippen LogP contribution in [0.4, 0.5) is 13.9 Å². The van der Waals surface area contributed by atoms with Gasteiger partial charge in [-0.15, -0.1) is 11.3 Å². The average Bonchev–Trinajstić information content (AvgIpc) is 2.99. The van der Waals surface area contributed by atoms with Gasteiger partial charge in [-0.1, -0.05) is 12.1 Å². The number of anilines is 1. The second kappa shape index (κ2) is 6.71. The molecule has 0 aliphatic carbocycles. The third kappa shape index (κ3) is 3.56. The Morgan fingerprint density at radius 1 is 1.13 bits per heavy atom. The number of carbonyl (C=O) groups excluding carboxylic acids is 1. The number of amides is 1. The van der Waals surface area contributed by atoms with Crippen molar-refractivity contribution in [3.05, 3.63) is 68.6 Å². The number of halogens is 3. The number of rotatable bonds is 3. The van der Waals surface area contributed by atoms with Gasteiger partial charge in [-0.2, -0.15) is 0 Å². The topological polar surface area (TPSA) is 42.0 Å². The van der Waals surface area contributed by atoms with Gasteiger partial charge >= 0.3 is 0 Å². The highest BCUT2D eigenvalue weighted by atomic mass is 127. The van der Waals surface area contributed by atoms with Crippen molar-refractivity contribution in [2.45, 2.75) is 0 Å². The monoisotopic (exact) mass is 442 g/mol. The van der Waals surface area contributed by atoms with Crippen LogP contribution in [0, 0.1) is 15.2 Å². The second-order valence-electron chi connectivity index (χ2n) is 4.60. The molecule has 3 rings (SSSR count). The molecule has 0 unspecified atom stereocenters. The normalized spacial score (nSPS) is 10.6. The molecule has 2 aromatic carbocycles. The van der Waals surface area contributed by atoms with Crippen LogP contribution < -0.4 is 5.32 Å². The Bertz CT molecular complexity index is 882. The van der Waals surface area contributed by atoms with Crippen LogP contribution >= 0.6 is 33.9 Å². The number of benzene rings is 2. The van der Waals surface area contributed by atoms with E-state index in [4.69, 9.17) is 0 Å². The molecular weight excluding hydrogens is 433 g/mol. The van der Waals surface area contributed by atoms with Crippen molar-refractivity contribution in [2.75, 3.05) is 5.32 Å². The molecule has 23 heavy (non-hydrogen) atoms. The van der Waals surface area contributed by atoms with Gasteiger partial charge in [-0.25, -0.2) is 13.8 Å². The molecule has 3 aromatic rings. The van der Waals surface area contributed by atoms with Gasteiger partial charge in [0.25, 0.3) is 5.91 Å². The van der Waals surface area contributed by atoms with Crippen LogP contribution in [-0.2, 0) is 0 Å². The molecule has 0 bridgehead atoms. The fraction of sp³-hybridized carbons (Fsp3) is 0. The zero-order chi connectivity index (χ0) is 16.4. The Morgan fingerprint density at radius 2 is 1.91 bits per heavy atom. The van der Waals surface area contributed by atoms with E-state index in [0.29, 0.717) is 22.0 Å². The van der Waals surface area contributed by atoms with Gasteiger partial charge in [0.2, 0.25) is 0 Å². The lowest BCUT2D eigenvalue weighted by molar-refractivity contribution is 0.102. The van der Waals surface area contributed by atoms with Crippen LogP contribution in [-0.4, -0.2) is 10.9 Å². The highest BCUT2D eigenvalue weighted by Crippen LogP contribution is 2.26. The van der Waals surface area contributed by atoms with Crippen molar-refractivity contribution < 1.29 is 13.6 Å². The quantitative estimate of drug-likeness (QED) is 0.584. The molecule has 0 aliphatic rings. The third-order valence-corrected chi connectivity index (χ3v) is 4.76. The fourth-order valence-electron chi connectivity index (χ4n) is 1.93. The lowest BCUT2D eigenvalue weighted by Crippen LogP contribution is -2.13. The smallest absolute Gasteiger partial charge is 0.258 e. The number of thiazole rings is 1. The zero-order valence-corrected chi connectivity index (χ0v) is 14.5. The van der Waals surface area contributed by atoms with Crippen LogP contribution in [0.25, 0.3) is 11.3 Å². The van der Waals surface area contributed by atoms with Gasteiger partial charge in [-0.3, -0.25) is 10.1 Å². The van der Waals surface area contributed by atoms with Crippen molar-refractivity contribution in [3.63, 3.8) is 0 Å². The number of carbonyl (C=O) groups is 1.